The van der Waals surface area contributed by atoms with Gasteiger partial charge < -0.3 is 15.3 Å². The minimum absolute atomic E-state index is 0.402. The standard InChI is InChI=1S/C12H19N7O/c1-12(2,20)8-18(4)10-15-9(13-3)16-11(17-10)19-7-5-6-14-19/h5-7,20H,8H2,1-4H3,(H,13,15,16,17). The molecule has 2 N–H and O–H groups in total. The molecular weight excluding hydrogens is 258 g/mol. The Morgan fingerprint density at radius 1 is 1.35 bits per heavy atom. The summed E-state index contributed by atoms with van der Waals surface area (Å²) in [6, 6.07) is 1.79. The SMILES string of the molecule is CNc1nc(N(C)CC(C)(C)O)nc(-n2cccn2)n1. The molecule has 2 heterocycles. The molecule has 0 fully saturated rings. The van der Waals surface area contributed by atoms with Gasteiger partial charge >= 0.3 is 0 Å². The third-order valence-corrected chi connectivity index (χ3v) is 2.51. The van der Waals surface area contributed by atoms with Gasteiger partial charge in [-0.2, -0.15) is 20.1 Å². The maximum atomic E-state index is 9.88. The fourth-order valence-corrected chi connectivity index (χ4v) is 1.78. The third kappa shape index (κ3) is 3.41. The molecule has 0 saturated carbocycles. The molecule has 0 unspecified atom stereocenters. The van der Waals surface area contributed by atoms with Crippen LogP contribution in [0.3, 0.4) is 0 Å². The van der Waals surface area contributed by atoms with E-state index in [1.807, 2.05) is 7.05 Å². The molecule has 2 rings (SSSR count). The van der Waals surface area contributed by atoms with Gasteiger partial charge in [0.25, 0.3) is 5.95 Å². The number of aliphatic hydroxyl groups is 1. The second-order valence-corrected chi connectivity index (χ2v) is 5.13. The molecule has 8 nitrogen and oxygen atoms in total. The fourth-order valence-electron chi connectivity index (χ4n) is 1.78. The summed E-state index contributed by atoms with van der Waals surface area (Å²) in [7, 11) is 3.56. The van der Waals surface area contributed by atoms with E-state index in [0.29, 0.717) is 24.4 Å². The molecule has 0 saturated heterocycles. The molecule has 0 atom stereocenters. The molecule has 0 aliphatic rings. The van der Waals surface area contributed by atoms with E-state index >= 15 is 0 Å². The summed E-state index contributed by atoms with van der Waals surface area (Å²) in [5.41, 5.74) is -0.840. The van der Waals surface area contributed by atoms with Crippen molar-refractivity contribution in [1.82, 2.24) is 24.7 Å². The predicted molar refractivity (Wildman–Crippen MR) is 76.1 cm³/mol. The highest BCUT2D eigenvalue weighted by molar-refractivity contribution is 5.39. The van der Waals surface area contributed by atoms with E-state index in [-0.39, 0.29) is 0 Å². The van der Waals surface area contributed by atoms with Crippen LogP contribution < -0.4 is 10.2 Å². The summed E-state index contributed by atoms with van der Waals surface area (Å²) in [6.45, 7) is 3.87. The molecule has 8 heteroatoms. The Balaban J connectivity index is 2.36. The van der Waals surface area contributed by atoms with Crippen LogP contribution in [0.2, 0.25) is 0 Å². The largest absolute Gasteiger partial charge is 0.389 e. The van der Waals surface area contributed by atoms with Crippen LogP contribution in [0.25, 0.3) is 5.95 Å². The van der Waals surface area contributed by atoms with Crippen LogP contribution >= 0.6 is 0 Å². The average Bonchev–Trinajstić information content (AvgIpc) is 2.90. The Kier molecular flexibility index (Phi) is 3.84. The Morgan fingerprint density at radius 2 is 2.10 bits per heavy atom. The Labute approximate surface area is 117 Å². The van der Waals surface area contributed by atoms with Crippen LogP contribution in [0.1, 0.15) is 13.8 Å². The van der Waals surface area contributed by atoms with Gasteiger partial charge in [-0.1, -0.05) is 0 Å². The number of hydrogen-bond donors (Lipinski definition) is 2. The molecule has 0 aliphatic heterocycles. The first-order valence-corrected chi connectivity index (χ1v) is 6.26. The lowest BCUT2D eigenvalue weighted by Gasteiger charge is -2.25. The van der Waals surface area contributed by atoms with Crippen molar-refractivity contribution in [1.29, 1.82) is 0 Å². The number of aromatic nitrogens is 5. The molecule has 0 spiro atoms. The monoisotopic (exact) mass is 277 g/mol. The highest BCUT2D eigenvalue weighted by atomic mass is 16.3. The first-order chi connectivity index (χ1) is 9.39. The van der Waals surface area contributed by atoms with E-state index in [9.17, 15) is 5.11 Å². The summed E-state index contributed by atoms with van der Waals surface area (Å²) in [5, 5.41) is 16.9. The Morgan fingerprint density at radius 3 is 2.65 bits per heavy atom. The lowest BCUT2D eigenvalue weighted by Crippen LogP contribution is -2.37. The van der Waals surface area contributed by atoms with E-state index in [0.717, 1.165) is 0 Å². The van der Waals surface area contributed by atoms with Crippen molar-refractivity contribution < 1.29 is 5.11 Å². The molecule has 0 aliphatic carbocycles. The summed E-state index contributed by atoms with van der Waals surface area (Å²) in [4.78, 5) is 14.7. The minimum atomic E-state index is -0.840. The molecule has 108 valence electrons. The maximum absolute atomic E-state index is 9.88. The van der Waals surface area contributed by atoms with E-state index in [2.05, 4.69) is 25.4 Å². The van der Waals surface area contributed by atoms with Gasteiger partial charge in [0.1, 0.15) is 0 Å². The van der Waals surface area contributed by atoms with Crippen molar-refractivity contribution in [3.63, 3.8) is 0 Å². The molecule has 20 heavy (non-hydrogen) atoms. The van der Waals surface area contributed by atoms with Gasteiger partial charge in [0.15, 0.2) is 0 Å². The van der Waals surface area contributed by atoms with Crippen LogP contribution in [0, 0.1) is 0 Å². The lowest BCUT2D eigenvalue weighted by molar-refractivity contribution is 0.0882. The highest BCUT2D eigenvalue weighted by Gasteiger charge is 2.19. The van der Waals surface area contributed by atoms with Gasteiger partial charge in [0.2, 0.25) is 11.9 Å². The topological polar surface area (TPSA) is 92.0 Å². The minimum Gasteiger partial charge on any atom is -0.389 e. The predicted octanol–water partition coefficient (Wildman–Crippen LogP) is 0.306. The van der Waals surface area contributed by atoms with Gasteiger partial charge in [0, 0.05) is 33.0 Å². The number of nitrogens with zero attached hydrogens (tertiary/aromatic N) is 6. The number of hydrogen-bond acceptors (Lipinski definition) is 7. The summed E-state index contributed by atoms with van der Waals surface area (Å²) in [6.07, 6.45) is 3.41. The van der Waals surface area contributed by atoms with Crippen LogP contribution in [0.5, 0.6) is 0 Å². The summed E-state index contributed by atoms with van der Waals surface area (Å²) < 4.78 is 1.56. The van der Waals surface area contributed by atoms with Crippen molar-refractivity contribution in [2.24, 2.45) is 0 Å². The van der Waals surface area contributed by atoms with Gasteiger partial charge in [-0.3, -0.25) is 0 Å². The molecule has 0 radical (unpaired) electrons. The fraction of sp³-hybridized carbons (Fsp3) is 0.500. The normalized spacial score (nSPS) is 11.4. The zero-order chi connectivity index (χ0) is 14.8. The van der Waals surface area contributed by atoms with Crippen molar-refractivity contribution in [3.05, 3.63) is 18.5 Å². The zero-order valence-electron chi connectivity index (χ0n) is 12.1. The molecule has 0 aromatic carbocycles. The first kappa shape index (κ1) is 14.2. The van der Waals surface area contributed by atoms with Crippen LogP contribution in [-0.4, -0.2) is 56.1 Å². The van der Waals surface area contributed by atoms with Crippen LogP contribution in [-0.2, 0) is 0 Å². The number of anilines is 2. The lowest BCUT2D eigenvalue weighted by atomic mass is 10.1. The number of likely N-dealkylation sites (N-methyl/N-ethyl adjacent to an activating group) is 1. The molecule has 2 aromatic heterocycles. The van der Waals surface area contributed by atoms with Crippen LogP contribution in [0.15, 0.2) is 18.5 Å². The molecule has 2 aromatic rings. The van der Waals surface area contributed by atoms with E-state index in [4.69, 9.17) is 0 Å². The van der Waals surface area contributed by atoms with Crippen LogP contribution in [0.4, 0.5) is 11.9 Å². The second-order valence-electron chi connectivity index (χ2n) is 5.13. The quantitative estimate of drug-likeness (QED) is 0.812. The molecular formula is C12H19N7O. The molecule has 0 amide bonds. The Hall–Kier alpha value is -2.22. The van der Waals surface area contributed by atoms with Gasteiger partial charge in [-0.05, 0) is 19.9 Å². The van der Waals surface area contributed by atoms with E-state index in [1.54, 1.807) is 48.9 Å². The first-order valence-electron chi connectivity index (χ1n) is 6.26. The van der Waals surface area contributed by atoms with Crippen molar-refractivity contribution in [2.45, 2.75) is 19.4 Å². The van der Waals surface area contributed by atoms with Gasteiger partial charge in [-0.25, -0.2) is 4.68 Å². The van der Waals surface area contributed by atoms with Crippen molar-refractivity contribution in [3.8, 4) is 5.95 Å². The number of nitrogens with one attached hydrogen (secondary N) is 1. The summed E-state index contributed by atoms with van der Waals surface area (Å²) >= 11 is 0. The molecule has 0 bridgehead atoms. The van der Waals surface area contributed by atoms with E-state index < -0.39 is 5.60 Å². The van der Waals surface area contributed by atoms with E-state index in [1.165, 1.54) is 0 Å². The number of rotatable bonds is 5. The van der Waals surface area contributed by atoms with Gasteiger partial charge in [0.05, 0.1) is 5.60 Å². The van der Waals surface area contributed by atoms with Crippen molar-refractivity contribution in [2.75, 3.05) is 30.9 Å². The summed E-state index contributed by atoms with van der Waals surface area (Å²) in [5.74, 6) is 1.34. The smallest absolute Gasteiger partial charge is 0.257 e. The Bertz CT molecular complexity index is 562. The van der Waals surface area contributed by atoms with Crippen molar-refractivity contribution >= 4 is 11.9 Å². The van der Waals surface area contributed by atoms with Gasteiger partial charge in [-0.15, -0.1) is 0 Å². The average molecular weight is 277 g/mol. The second kappa shape index (κ2) is 5.41. The maximum Gasteiger partial charge on any atom is 0.257 e. The third-order valence-electron chi connectivity index (χ3n) is 2.51. The highest BCUT2D eigenvalue weighted by Crippen LogP contribution is 2.14. The zero-order valence-corrected chi connectivity index (χ0v) is 12.1.